The minimum atomic E-state index is -1.35. The lowest BCUT2D eigenvalue weighted by atomic mass is 10.1. The zero-order valence-corrected chi connectivity index (χ0v) is 25.4. The second kappa shape index (κ2) is 12.0. The van der Waals surface area contributed by atoms with Crippen molar-refractivity contribution in [3.63, 3.8) is 0 Å². The second-order valence-corrected chi connectivity index (χ2v) is 18.0. The molecule has 0 bridgehead atoms. The van der Waals surface area contributed by atoms with E-state index in [1.165, 1.54) is 18.5 Å². The third kappa shape index (κ3) is 6.58. The van der Waals surface area contributed by atoms with Crippen LogP contribution in [0.5, 0.6) is 5.75 Å². The van der Waals surface area contributed by atoms with Gasteiger partial charge in [0, 0.05) is 38.5 Å². The molecular formula is C29H38FN5O6Si. The van der Waals surface area contributed by atoms with Crippen molar-refractivity contribution in [2.45, 2.75) is 64.3 Å². The molecule has 42 heavy (non-hydrogen) atoms. The first-order valence-electron chi connectivity index (χ1n) is 14.2. The molecule has 0 radical (unpaired) electrons. The lowest BCUT2D eigenvalue weighted by Gasteiger charge is -2.17. The lowest BCUT2D eigenvalue weighted by Crippen LogP contribution is -2.43. The Morgan fingerprint density at radius 3 is 2.62 bits per heavy atom. The van der Waals surface area contributed by atoms with Gasteiger partial charge in [-0.05, 0) is 43.9 Å². The van der Waals surface area contributed by atoms with Gasteiger partial charge < -0.3 is 34.5 Å². The number of amides is 2. The van der Waals surface area contributed by atoms with Crippen molar-refractivity contribution < 1.29 is 33.7 Å². The number of carbonyl (C=O) groups is 2. The van der Waals surface area contributed by atoms with E-state index in [1.807, 2.05) is 4.57 Å². The molecule has 226 valence electrons. The summed E-state index contributed by atoms with van der Waals surface area (Å²) in [7, 11) is -1.35. The number of aliphatic hydroxyl groups is 1. The fourth-order valence-electron chi connectivity index (χ4n) is 5.08. The van der Waals surface area contributed by atoms with Crippen molar-refractivity contribution in [1.82, 2.24) is 24.8 Å². The fraction of sp³-hybridized carbons (Fsp3) is 0.517. The van der Waals surface area contributed by atoms with Crippen LogP contribution >= 0.6 is 0 Å². The van der Waals surface area contributed by atoms with E-state index in [4.69, 9.17) is 9.47 Å². The largest absolute Gasteiger partial charge is 0.492 e. The summed E-state index contributed by atoms with van der Waals surface area (Å²) in [5.74, 6) is -0.109. The highest BCUT2D eigenvalue weighted by atomic mass is 28.3. The number of rotatable bonds is 11. The maximum absolute atomic E-state index is 14.3. The highest BCUT2D eigenvalue weighted by Gasteiger charge is 2.36. The normalized spacial score (nSPS) is 19.0. The summed E-state index contributed by atoms with van der Waals surface area (Å²) >= 11 is 0. The fourth-order valence-corrected chi connectivity index (χ4v) is 5.84. The van der Waals surface area contributed by atoms with Gasteiger partial charge in [-0.3, -0.25) is 4.79 Å². The average Bonchev–Trinajstić information content (AvgIpc) is 3.61. The molecule has 0 unspecified atom stereocenters. The number of nitrogens with zero attached hydrogens (tertiary/aromatic N) is 4. The summed E-state index contributed by atoms with van der Waals surface area (Å²) in [6, 6.07) is 4.49. The quantitative estimate of drug-likeness (QED) is 0.221. The van der Waals surface area contributed by atoms with Crippen molar-refractivity contribution in [3.05, 3.63) is 41.6 Å². The number of aromatic nitrogens is 3. The molecule has 2 atom stereocenters. The van der Waals surface area contributed by atoms with Gasteiger partial charge in [-0.15, -0.1) is 0 Å². The number of likely N-dealkylation sites (tertiary alicyclic amines) is 1. The van der Waals surface area contributed by atoms with Crippen molar-refractivity contribution in [3.8, 4) is 17.0 Å². The Bertz CT molecular complexity index is 1490. The Kier molecular flexibility index (Phi) is 8.53. The standard InChI is InChI=1S/C29H38FN5O6Si/c1-17-24(28(37)33-21-12-34(29(38)39)13-22(21)36)26-27(35(17)16-40-9-10-42(2,3)4)25(31-15-32-26)20-8-7-19(30)11-23(20)41-14-18-5-6-18/h7-8,11,15,18,21-22,36H,5-6,9-10,12-14,16H2,1-4H3,(H,33,37)(H,38,39)/t21-,22-/m1/s1. The Morgan fingerprint density at radius 2 is 1.95 bits per heavy atom. The van der Waals surface area contributed by atoms with Gasteiger partial charge in [0.05, 0.1) is 36.4 Å². The second-order valence-electron chi connectivity index (χ2n) is 12.4. The van der Waals surface area contributed by atoms with E-state index in [1.54, 1.807) is 13.0 Å². The maximum Gasteiger partial charge on any atom is 0.407 e. The number of carbonyl (C=O) groups excluding carboxylic acids is 1. The maximum atomic E-state index is 14.3. The monoisotopic (exact) mass is 599 g/mol. The van der Waals surface area contributed by atoms with Crippen LogP contribution in [0.2, 0.25) is 25.7 Å². The first-order chi connectivity index (χ1) is 19.9. The highest BCUT2D eigenvalue weighted by Crippen LogP contribution is 2.38. The summed E-state index contributed by atoms with van der Waals surface area (Å²) in [6.45, 7) is 9.62. The first kappa shape index (κ1) is 29.9. The first-order valence-corrected chi connectivity index (χ1v) is 17.9. The molecule has 3 N–H and O–H groups in total. The molecular weight excluding hydrogens is 561 g/mol. The zero-order chi connectivity index (χ0) is 30.2. The molecule has 1 aromatic carbocycles. The summed E-state index contributed by atoms with van der Waals surface area (Å²) < 4.78 is 28.3. The molecule has 0 spiro atoms. The number of nitrogens with one attached hydrogen (secondary N) is 1. The van der Waals surface area contributed by atoms with Crippen LogP contribution in [-0.4, -0.2) is 88.2 Å². The van der Waals surface area contributed by atoms with Crippen LogP contribution < -0.4 is 10.1 Å². The number of hydrogen-bond donors (Lipinski definition) is 3. The van der Waals surface area contributed by atoms with Crippen molar-refractivity contribution in [2.24, 2.45) is 5.92 Å². The third-order valence-corrected chi connectivity index (χ3v) is 9.49. The number of benzene rings is 1. The van der Waals surface area contributed by atoms with E-state index < -0.39 is 38.0 Å². The van der Waals surface area contributed by atoms with Gasteiger partial charge in [0.25, 0.3) is 5.91 Å². The molecule has 2 amide bonds. The number of aliphatic hydroxyl groups excluding tert-OH is 1. The van der Waals surface area contributed by atoms with E-state index in [0.717, 1.165) is 23.8 Å². The molecule has 5 rings (SSSR count). The van der Waals surface area contributed by atoms with E-state index in [2.05, 4.69) is 34.9 Å². The predicted octanol–water partition coefficient (Wildman–Crippen LogP) is 4.10. The van der Waals surface area contributed by atoms with Crippen molar-refractivity contribution >= 4 is 31.1 Å². The van der Waals surface area contributed by atoms with E-state index in [0.29, 0.717) is 52.9 Å². The van der Waals surface area contributed by atoms with Crippen LogP contribution in [0.25, 0.3) is 22.3 Å². The Labute approximate surface area is 244 Å². The summed E-state index contributed by atoms with van der Waals surface area (Å²) in [5.41, 5.74) is 2.78. The topological polar surface area (TPSA) is 139 Å². The lowest BCUT2D eigenvalue weighted by molar-refractivity contribution is 0.0865. The number of fused-ring (bicyclic) bond motifs is 1. The Hall–Kier alpha value is -3.55. The summed E-state index contributed by atoms with van der Waals surface area (Å²) in [4.78, 5) is 35.2. The number of ether oxygens (including phenoxy) is 2. The van der Waals surface area contributed by atoms with Gasteiger partial charge in [0.1, 0.15) is 35.8 Å². The van der Waals surface area contributed by atoms with Crippen LogP contribution in [0.1, 0.15) is 28.9 Å². The van der Waals surface area contributed by atoms with Gasteiger partial charge >= 0.3 is 6.09 Å². The van der Waals surface area contributed by atoms with Gasteiger partial charge in [0.15, 0.2) is 0 Å². The highest BCUT2D eigenvalue weighted by molar-refractivity contribution is 6.76. The summed E-state index contributed by atoms with van der Waals surface area (Å²) in [5, 5.41) is 22.6. The van der Waals surface area contributed by atoms with Crippen molar-refractivity contribution in [1.29, 1.82) is 0 Å². The molecule has 1 aliphatic heterocycles. The molecule has 2 fully saturated rings. The molecule has 1 aliphatic carbocycles. The summed E-state index contributed by atoms with van der Waals surface area (Å²) in [6.07, 6.45) is 1.31. The molecule has 2 aliphatic rings. The van der Waals surface area contributed by atoms with Gasteiger partial charge in [-0.1, -0.05) is 19.6 Å². The smallest absolute Gasteiger partial charge is 0.407 e. The Balaban J connectivity index is 1.55. The number of hydrogen-bond acceptors (Lipinski definition) is 7. The van der Waals surface area contributed by atoms with Crippen LogP contribution in [-0.2, 0) is 11.5 Å². The average molecular weight is 600 g/mol. The van der Waals surface area contributed by atoms with Gasteiger partial charge in [-0.2, -0.15) is 0 Å². The van der Waals surface area contributed by atoms with E-state index in [9.17, 15) is 24.2 Å². The predicted molar refractivity (Wildman–Crippen MR) is 157 cm³/mol. The molecule has 3 heterocycles. The third-order valence-electron chi connectivity index (χ3n) is 7.79. The molecule has 2 aromatic heterocycles. The van der Waals surface area contributed by atoms with Crippen LogP contribution in [0.3, 0.4) is 0 Å². The van der Waals surface area contributed by atoms with Gasteiger partial charge in [-0.25, -0.2) is 19.2 Å². The molecule has 13 heteroatoms. The van der Waals surface area contributed by atoms with E-state index in [-0.39, 0.29) is 25.4 Å². The van der Waals surface area contributed by atoms with E-state index >= 15 is 0 Å². The number of halogens is 1. The molecule has 11 nitrogen and oxygen atoms in total. The number of carboxylic acid groups (broad SMARTS) is 1. The zero-order valence-electron chi connectivity index (χ0n) is 24.4. The Morgan fingerprint density at radius 1 is 1.19 bits per heavy atom. The minimum absolute atomic E-state index is 0.0305. The van der Waals surface area contributed by atoms with Gasteiger partial charge in [0.2, 0.25) is 0 Å². The molecule has 1 saturated heterocycles. The van der Waals surface area contributed by atoms with Crippen LogP contribution in [0.4, 0.5) is 9.18 Å². The van der Waals surface area contributed by atoms with Crippen molar-refractivity contribution in [2.75, 3.05) is 26.3 Å². The van der Waals surface area contributed by atoms with Crippen LogP contribution in [0.15, 0.2) is 24.5 Å². The molecule has 3 aromatic rings. The van der Waals surface area contributed by atoms with Crippen LogP contribution in [0, 0.1) is 18.7 Å². The number of β-amino-alcohol motifs (C(OH)–C–C–N with tert-alkyl or cyclic N) is 1. The molecule has 1 saturated carbocycles. The SMILES string of the molecule is Cc1c(C(=O)N[C@@H]2CN(C(=O)O)C[C@H]2O)c2ncnc(-c3ccc(F)cc3OCC3CC3)c2n1COCC[Si](C)(C)C. The minimum Gasteiger partial charge on any atom is -0.492 e.